The highest BCUT2D eigenvalue weighted by Gasteiger charge is 2.27. The summed E-state index contributed by atoms with van der Waals surface area (Å²) >= 11 is 0. The second-order valence-corrected chi connectivity index (χ2v) is 5.84. The smallest absolute Gasteiger partial charge is 0.227 e. The number of nitrogens with zero attached hydrogens (tertiary/aromatic N) is 4. The Bertz CT molecular complexity index is 650. The molecule has 2 aromatic heterocycles. The number of aryl methyl sites for hydroxylation is 2. The number of likely N-dealkylation sites (tertiary alicyclic amines) is 1. The first kappa shape index (κ1) is 14.7. The molecule has 0 aliphatic carbocycles. The molecular formula is C16H20N4O2. The van der Waals surface area contributed by atoms with Crippen molar-refractivity contribution in [3.05, 3.63) is 41.3 Å². The molecule has 2 aromatic rings. The van der Waals surface area contributed by atoms with E-state index in [9.17, 15) is 4.79 Å². The summed E-state index contributed by atoms with van der Waals surface area (Å²) in [5.74, 6) is 1.60. The number of rotatable bonds is 3. The van der Waals surface area contributed by atoms with Crippen molar-refractivity contribution < 1.29 is 9.32 Å². The predicted molar refractivity (Wildman–Crippen MR) is 80.3 cm³/mol. The van der Waals surface area contributed by atoms with Crippen molar-refractivity contribution in [1.82, 2.24) is 20.0 Å². The lowest BCUT2D eigenvalue weighted by Gasteiger charge is -2.31. The molecule has 1 fully saturated rings. The molecule has 1 amide bonds. The number of piperidine rings is 1. The van der Waals surface area contributed by atoms with Crippen LogP contribution >= 0.6 is 0 Å². The van der Waals surface area contributed by atoms with Crippen molar-refractivity contribution in [2.75, 3.05) is 13.1 Å². The van der Waals surface area contributed by atoms with Gasteiger partial charge in [0.1, 0.15) is 0 Å². The topological polar surface area (TPSA) is 72.1 Å². The fraction of sp³-hybridized carbons (Fsp3) is 0.500. The van der Waals surface area contributed by atoms with E-state index in [1.807, 2.05) is 24.0 Å². The van der Waals surface area contributed by atoms with Crippen LogP contribution in [0.15, 0.2) is 22.9 Å². The van der Waals surface area contributed by atoms with E-state index < -0.39 is 0 Å². The van der Waals surface area contributed by atoms with E-state index >= 15 is 0 Å². The van der Waals surface area contributed by atoms with E-state index in [0.29, 0.717) is 24.7 Å². The van der Waals surface area contributed by atoms with Gasteiger partial charge in [0.05, 0.1) is 6.42 Å². The predicted octanol–water partition coefficient (Wildman–Crippen LogP) is 2.03. The van der Waals surface area contributed by atoms with Crippen LogP contribution in [0.25, 0.3) is 0 Å². The summed E-state index contributed by atoms with van der Waals surface area (Å²) in [4.78, 5) is 22.9. The van der Waals surface area contributed by atoms with Crippen molar-refractivity contribution in [3.8, 4) is 0 Å². The zero-order chi connectivity index (χ0) is 15.5. The molecule has 0 N–H and O–H groups in total. The van der Waals surface area contributed by atoms with Crippen LogP contribution < -0.4 is 0 Å². The maximum Gasteiger partial charge on any atom is 0.227 e. The monoisotopic (exact) mass is 300 g/mol. The highest BCUT2D eigenvalue weighted by molar-refractivity contribution is 5.78. The van der Waals surface area contributed by atoms with Crippen molar-refractivity contribution in [2.24, 2.45) is 0 Å². The number of carbonyl (C=O) groups excluding carboxylic acids is 1. The number of hydrogen-bond donors (Lipinski definition) is 0. The normalized spacial score (nSPS) is 18.5. The summed E-state index contributed by atoms with van der Waals surface area (Å²) in [5, 5.41) is 3.99. The molecule has 6 heteroatoms. The molecule has 0 unspecified atom stereocenters. The van der Waals surface area contributed by atoms with Gasteiger partial charge in [0.15, 0.2) is 5.82 Å². The third-order valence-corrected chi connectivity index (χ3v) is 4.01. The van der Waals surface area contributed by atoms with Gasteiger partial charge in [-0.05, 0) is 31.4 Å². The first-order valence-electron chi connectivity index (χ1n) is 7.61. The van der Waals surface area contributed by atoms with Gasteiger partial charge in [-0.25, -0.2) is 0 Å². The van der Waals surface area contributed by atoms with Crippen molar-refractivity contribution >= 4 is 5.91 Å². The quantitative estimate of drug-likeness (QED) is 0.867. The number of hydrogen-bond acceptors (Lipinski definition) is 5. The lowest BCUT2D eigenvalue weighted by atomic mass is 9.97. The molecule has 1 saturated heterocycles. The second-order valence-electron chi connectivity index (χ2n) is 5.84. The summed E-state index contributed by atoms with van der Waals surface area (Å²) in [5.41, 5.74) is 1.91. The van der Waals surface area contributed by atoms with Crippen LogP contribution in [-0.2, 0) is 11.2 Å². The Morgan fingerprint density at radius 2 is 2.27 bits per heavy atom. The maximum atomic E-state index is 12.5. The highest BCUT2D eigenvalue weighted by atomic mass is 16.5. The first-order chi connectivity index (χ1) is 10.6. The molecule has 1 aliphatic heterocycles. The molecule has 1 atom stereocenters. The van der Waals surface area contributed by atoms with Crippen molar-refractivity contribution in [1.29, 1.82) is 0 Å². The van der Waals surface area contributed by atoms with Gasteiger partial charge in [0.25, 0.3) is 0 Å². The van der Waals surface area contributed by atoms with E-state index in [-0.39, 0.29) is 11.8 Å². The van der Waals surface area contributed by atoms with Gasteiger partial charge in [0.2, 0.25) is 11.8 Å². The number of carbonyl (C=O) groups is 1. The Balaban J connectivity index is 1.63. The van der Waals surface area contributed by atoms with E-state index in [2.05, 4.69) is 15.1 Å². The molecule has 0 spiro atoms. The zero-order valence-corrected chi connectivity index (χ0v) is 13.0. The minimum Gasteiger partial charge on any atom is -0.342 e. The molecule has 0 aromatic carbocycles. The van der Waals surface area contributed by atoms with Crippen LogP contribution in [0.2, 0.25) is 0 Å². The number of aromatic nitrogens is 3. The Morgan fingerprint density at radius 3 is 2.95 bits per heavy atom. The van der Waals surface area contributed by atoms with E-state index in [1.54, 1.807) is 13.1 Å². The summed E-state index contributed by atoms with van der Waals surface area (Å²) in [6.07, 6.45) is 4.13. The van der Waals surface area contributed by atoms with E-state index in [0.717, 1.165) is 30.6 Å². The Labute approximate surface area is 129 Å². The van der Waals surface area contributed by atoms with Gasteiger partial charge < -0.3 is 9.42 Å². The van der Waals surface area contributed by atoms with Crippen molar-refractivity contribution in [2.45, 2.75) is 39.0 Å². The number of amides is 1. The van der Waals surface area contributed by atoms with E-state index in [1.165, 1.54) is 0 Å². The number of pyridine rings is 1. The molecule has 116 valence electrons. The summed E-state index contributed by atoms with van der Waals surface area (Å²) < 4.78 is 5.05. The highest BCUT2D eigenvalue weighted by Crippen LogP contribution is 2.25. The second kappa shape index (κ2) is 6.25. The molecule has 3 rings (SSSR count). The lowest BCUT2D eigenvalue weighted by Crippen LogP contribution is -2.40. The SMILES string of the molecule is Cc1ccc(CC(=O)N2CCC[C@H](c3noc(C)n3)C2)cn1. The molecule has 0 radical (unpaired) electrons. The van der Waals surface area contributed by atoms with Crippen LogP contribution in [0.5, 0.6) is 0 Å². The molecule has 3 heterocycles. The summed E-state index contributed by atoms with van der Waals surface area (Å²) in [6, 6.07) is 3.90. The average Bonchev–Trinajstić information content (AvgIpc) is 2.96. The fourth-order valence-corrected chi connectivity index (χ4v) is 2.78. The minimum absolute atomic E-state index is 0.135. The fourth-order valence-electron chi connectivity index (χ4n) is 2.78. The van der Waals surface area contributed by atoms with Crippen molar-refractivity contribution in [3.63, 3.8) is 0 Å². The Hall–Kier alpha value is -2.24. The van der Waals surface area contributed by atoms with Gasteiger partial charge in [0, 0.05) is 37.8 Å². The van der Waals surface area contributed by atoms with Crippen LogP contribution in [-0.4, -0.2) is 39.0 Å². The first-order valence-corrected chi connectivity index (χ1v) is 7.61. The van der Waals surface area contributed by atoms with Gasteiger partial charge in [-0.15, -0.1) is 0 Å². The molecule has 1 aliphatic rings. The minimum atomic E-state index is 0.135. The Kier molecular flexibility index (Phi) is 4.18. The third-order valence-electron chi connectivity index (χ3n) is 4.01. The molecule has 0 bridgehead atoms. The summed E-state index contributed by atoms with van der Waals surface area (Å²) in [7, 11) is 0. The van der Waals surface area contributed by atoms with Gasteiger partial charge in [-0.1, -0.05) is 11.2 Å². The van der Waals surface area contributed by atoms with Crippen LogP contribution in [0.3, 0.4) is 0 Å². The molecular weight excluding hydrogens is 280 g/mol. The maximum absolute atomic E-state index is 12.5. The van der Waals surface area contributed by atoms with Gasteiger partial charge in [-0.3, -0.25) is 9.78 Å². The van der Waals surface area contributed by atoms with E-state index in [4.69, 9.17) is 4.52 Å². The van der Waals surface area contributed by atoms with Gasteiger partial charge >= 0.3 is 0 Å². The third kappa shape index (κ3) is 3.32. The van der Waals surface area contributed by atoms with Crippen LogP contribution in [0, 0.1) is 13.8 Å². The zero-order valence-electron chi connectivity index (χ0n) is 13.0. The molecule has 22 heavy (non-hydrogen) atoms. The lowest BCUT2D eigenvalue weighted by molar-refractivity contribution is -0.131. The van der Waals surface area contributed by atoms with Gasteiger partial charge in [-0.2, -0.15) is 4.98 Å². The standard InChI is InChI=1S/C16H20N4O2/c1-11-5-6-13(9-17-11)8-15(21)20-7-3-4-14(10-20)16-18-12(2)22-19-16/h5-6,9,14H,3-4,7-8,10H2,1-2H3/t14-/m0/s1. The molecule has 6 nitrogen and oxygen atoms in total. The molecule has 0 saturated carbocycles. The average molecular weight is 300 g/mol. The van der Waals surface area contributed by atoms with Crippen LogP contribution in [0.4, 0.5) is 0 Å². The summed E-state index contributed by atoms with van der Waals surface area (Å²) in [6.45, 7) is 5.18. The van der Waals surface area contributed by atoms with Crippen LogP contribution in [0.1, 0.15) is 41.7 Å². The Morgan fingerprint density at radius 1 is 1.41 bits per heavy atom. The largest absolute Gasteiger partial charge is 0.342 e.